The monoisotopic (exact) mass is 466 g/mol. The zero-order chi connectivity index (χ0) is 22.9. The smallest absolute Gasteiger partial charge is 0.277 e. The largest absolute Gasteiger partial charge is 0.376 e. The molecule has 0 radical (unpaired) electrons. The Hall–Kier alpha value is -3.04. The van der Waals surface area contributed by atoms with Crippen molar-refractivity contribution in [1.82, 2.24) is 15.1 Å². The quantitative estimate of drug-likeness (QED) is 0.602. The van der Waals surface area contributed by atoms with Crippen LogP contribution in [0.15, 0.2) is 29.1 Å². The summed E-state index contributed by atoms with van der Waals surface area (Å²) in [6.45, 7) is 1.19. The van der Waals surface area contributed by atoms with Crippen LogP contribution in [0.2, 0.25) is 0 Å². The second-order valence-electron chi connectivity index (χ2n) is 8.54. The number of thiophene rings is 1. The third kappa shape index (κ3) is 4.18. The number of benzene rings is 1. The van der Waals surface area contributed by atoms with E-state index in [1.54, 1.807) is 24.3 Å². The van der Waals surface area contributed by atoms with Gasteiger partial charge in [0.2, 0.25) is 0 Å². The minimum Gasteiger partial charge on any atom is -0.376 e. The summed E-state index contributed by atoms with van der Waals surface area (Å²) in [6, 6.07) is 6.93. The fraction of sp³-hybridized carbons (Fsp3) is 0.417. The molecule has 8 nitrogen and oxygen atoms in total. The van der Waals surface area contributed by atoms with Gasteiger partial charge in [-0.25, -0.2) is 4.68 Å². The Labute approximate surface area is 194 Å². The van der Waals surface area contributed by atoms with E-state index in [4.69, 9.17) is 4.74 Å². The predicted octanol–water partition coefficient (Wildman–Crippen LogP) is 3.03. The van der Waals surface area contributed by atoms with Crippen LogP contribution in [-0.2, 0) is 24.6 Å². The molecule has 3 aromatic rings. The first-order valence-electron chi connectivity index (χ1n) is 11.3. The number of nitrogens with one attached hydrogen (secondary N) is 2. The van der Waals surface area contributed by atoms with E-state index in [0.717, 1.165) is 55.6 Å². The van der Waals surface area contributed by atoms with Crippen LogP contribution < -0.4 is 16.2 Å². The minimum atomic E-state index is -0.437. The molecule has 1 aliphatic carbocycles. The molecule has 2 aliphatic rings. The SMILES string of the molecule is Cn1nc(C(=O)Nc2sc3c(c2C(=O)NCC2CCCO2)CCCC3)c2ccccc2c1=O. The Morgan fingerprint density at radius 1 is 1.15 bits per heavy atom. The van der Waals surface area contributed by atoms with Crippen molar-refractivity contribution in [2.75, 3.05) is 18.5 Å². The molecule has 0 bridgehead atoms. The van der Waals surface area contributed by atoms with Gasteiger partial charge in [-0.1, -0.05) is 18.2 Å². The highest BCUT2D eigenvalue weighted by Gasteiger charge is 2.28. The van der Waals surface area contributed by atoms with Crippen LogP contribution in [-0.4, -0.2) is 40.9 Å². The number of hydrogen-bond acceptors (Lipinski definition) is 6. The van der Waals surface area contributed by atoms with Gasteiger partial charge in [0.25, 0.3) is 17.4 Å². The van der Waals surface area contributed by atoms with Crippen molar-refractivity contribution in [3.63, 3.8) is 0 Å². The molecule has 9 heteroatoms. The summed E-state index contributed by atoms with van der Waals surface area (Å²) in [5, 5.41) is 11.6. The van der Waals surface area contributed by atoms with Gasteiger partial charge in [-0.15, -0.1) is 11.3 Å². The maximum absolute atomic E-state index is 13.3. The average molecular weight is 467 g/mol. The molecule has 1 saturated heterocycles. The summed E-state index contributed by atoms with van der Waals surface area (Å²) in [5.74, 6) is -0.618. The number of carbonyl (C=O) groups excluding carboxylic acids is 2. The Morgan fingerprint density at radius 3 is 2.73 bits per heavy atom. The summed E-state index contributed by atoms with van der Waals surface area (Å²) in [5.41, 5.74) is 1.48. The first kappa shape index (κ1) is 21.8. The van der Waals surface area contributed by atoms with Crippen LogP contribution in [0.4, 0.5) is 5.00 Å². The molecule has 1 atom stereocenters. The van der Waals surface area contributed by atoms with Crippen LogP contribution in [0.3, 0.4) is 0 Å². The number of hydrogen-bond donors (Lipinski definition) is 2. The standard InChI is InChI=1S/C24H26N4O4S/c1-28-24(31)16-9-3-2-8-15(16)20(27-28)22(30)26-23-19(17-10-4-5-11-18(17)33-23)21(29)25-13-14-7-6-12-32-14/h2-3,8-9,14H,4-7,10-13H2,1H3,(H,25,29)(H,26,30). The number of rotatable bonds is 5. The number of ether oxygens (including phenoxy) is 1. The molecule has 0 saturated carbocycles. The molecule has 2 aromatic heterocycles. The van der Waals surface area contributed by atoms with Crippen molar-refractivity contribution >= 4 is 38.9 Å². The van der Waals surface area contributed by atoms with E-state index < -0.39 is 5.91 Å². The van der Waals surface area contributed by atoms with Crippen molar-refractivity contribution in [2.45, 2.75) is 44.6 Å². The van der Waals surface area contributed by atoms with Gasteiger partial charge in [-0.3, -0.25) is 14.4 Å². The third-order valence-electron chi connectivity index (χ3n) is 6.31. The van der Waals surface area contributed by atoms with E-state index in [0.29, 0.717) is 27.9 Å². The number of carbonyl (C=O) groups is 2. The summed E-state index contributed by atoms with van der Waals surface area (Å²) in [6.07, 6.45) is 5.82. The average Bonchev–Trinajstić information content (AvgIpc) is 3.47. The van der Waals surface area contributed by atoms with E-state index in [2.05, 4.69) is 15.7 Å². The van der Waals surface area contributed by atoms with Crippen molar-refractivity contribution in [3.8, 4) is 0 Å². The van der Waals surface area contributed by atoms with Crippen LogP contribution >= 0.6 is 11.3 Å². The van der Waals surface area contributed by atoms with Gasteiger partial charge in [0.05, 0.1) is 17.1 Å². The maximum atomic E-state index is 13.3. The Morgan fingerprint density at radius 2 is 1.94 bits per heavy atom. The zero-order valence-corrected chi connectivity index (χ0v) is 19.3. The topological polar surface area (TPSA) is 102 Å². The fourth-order valence-corrected chi connectivity index (χ4v) is 5.91. The molecular formula is C24H26N4O4S. The van der Waals surface area contributed by atoms with Crippen molar-refractivity contribution in [3.05, 3.63) is 56.3 Å². The fourth-order valence-electron chi connectivity index (χ4n) is 4.62. The lowest BCUT2D eigenvalue weighted by Crippen LogP contribution is -2.33. The van der Waals surface area contributed by atoms with Gasteiger partial charge in [-0.2, -0.15) is 5.10 Å². The highest BCUT2D eigenvalue weighted by atomic mass is 32.1. The van der Waals surface area contributed by atoms with Gasteiger partial charge in [0, 0.05) is 30.5 Å². The highest BCUT2D eigenvalue weighted by molar-refractivity contribution is 7.17. The Bertz CT molecular complexity index is 1290. The lowest BCUT2D eigenvalue weighted by Gasteiger charge is -2.15. The number of anilines is 1. The van der Waals surface area contributed by atoms with E-state index >= 15 is 0 Å². The van der Waals surface area contributed by atoms with Gasteiger partial charge in [-0.05, 0) is 50.2 Å². The van der Waals surface area contributed by atoms with E-state index in [1.807, 2.05) is 0 Å². The molecule has 1 fully saturated rings. The van der Waals surface area contributed by atoms with Gasteiger partial charge in [0.15, 0.2) is 5.69 Å². The molecule has 1 aromatic carbocycles. The summed E-state index contributed by atoms with van der Waals surface area (Å²) < 4.78 is 6.80. The minimum absolute atomic E-state index is 0.0441. The Balaban J connectivity index is 1.47. The predicted molar refractivity (Wildman–Crippen MR) is 127 cm³/mol. The molecule has 3 heterocycles. The molecule has 5 rings (SSSR count). The van der Waals surface area contributed by atoms with Crippen LogP contribution in [0.5, 0.6) is 0 Å². The number of aromatic nitrogens is 2. The van der Waals surface area contributed by atoms with Crippen molar-refractivity contribution in [1.29, 1.82) is 0 Å². The Kier molecular flexibility index (Phi) is 5.99. The van der Waals surface area contributed by atoms with E-state index in [-0.39, 0.29) is 23.3 Å². The normalized spacial score (nSPS) is 17.7. The first-order valence-corrected chi connectivity index (χ1v) is 12.2. The molecule has 172 valence electrons. The second kappa shape index (κ2) is 9.07. The van der Waals surface area contributed by atoms with Gasteiger partial charge < -0.3 is 15.4 Å². The highest BCUT2D eigenvalue weighted by Crippen LogP contribution is 2.38. The number of amides is 2. The molecular weight excluding hydrogens is 440 g/mol. The summed E-state index contributed by atoms with van der Waals surface area (Å²) in [7, 11) is 1.53. The van der Waals surface area contributed by atoms with Gasteiger partial charge >= 0.3 is 0 Å². The second-order valence-corrected chi connectivity index (χ2v) is 9.64. The third-order valence-corrected chi connectivity index (χ3v) is 7.52. The molecule has 1 unspecified atom stereocenters. The zero-order valence-electron chi connectivity index (χ0n) is 18.5. The molecule has 2 N–H and O–H groups in total. The number of nitrogens with zero attached hydrogens (tertiary/aromatic N) is 2. The van der Waals surface area contributed by atoms with E-state index in [9.17, 15) is 14.4 Å². The summed E-state index contributed by atoms with van der Waals surface area (Å²) >= 11 is 1.46. The van der Waals surface area contributed by atoms with Crippen LogP contribution in [0.1, 0.15) is 57.0 Å². The number of fused-ring (bicyclic) bond motifs is 2. The number of aryl methyl sites for hydroxylation is 2. The summed E-state index contributed by atoms with van der Waals surface area (Å²) in [4.78, 5) is 40.1. The van der Waals surface area contributed by atoms with Crippen molar-refractivity contribution < 1.29 is 14.3 Å². The lowest BCUT2D eigenvalue weighted by molar-refractivity contribution is 0.0858. The molecule has 0 spiro atoms. The van der Waals surface area contributed by atoms with Crippen molar-refractivity contribution in [2.24, 2.45) is 7.05 Å². The molecule has 33 heavy (non-hydrogen) atoms. The molecule has 2 amide bonds. The lowest BCUT2D eigenvalue weighted by atomic mass is 9.95. The molecule has 1 aliphatic heterocycles. The van der Waals surface area contributed by atoms with E-state index in [1.165, 1.54) is 23.1 Å². The maximum Gasteiger partial charge on any atom is 0.277 e. The van der Waals surface area contributed by atoms with Crippen LogP contribution in [0.25, 0.3) is 10.8 Å². The van der Waals surface area contributed by atoms with Gasteiger partial charge in [0.1, 0.15) is 5.00 Å². The van der Waals surface area contributed by atoms with Crippen LogP contribution in [0, 0.1) is 0 Å². The first-order chi connectivity index (χ1) is 16.0.